The number of benzene rings is 2. The molecule has 3 aromatic rings. The zero-order chi connectivity index (χ0) is 22.8. The van der Waals surface area contributed by atoms with E-state index in [4.69, 9.17) is 9.84 Å². The van der Waals surface area contributed by atoms with Crippen LogP contribution in [0, 0.1) is 0 Å². The fraction of sp³-hybridized carbons (Fsp3) is 0.429. The molecule has 5 rings (SSSR count). The van der Waals surface area contributed by atoms with Crippen LogP contribution in [0.5, 0.6) is 0 Å². The average Bonchev–Trinajstić information content (AvgIpc) is 3.12. The highest BCUT2D eigenvalue weighted by Crippen LogP contribution is 2.49. The molecule has 0 bridgehead atoms. The van der Waals surface area contributed by atoms with Gasteiger partial charge in [-0.25, -0.2) is 4.79 Å². The van der Waals surface area contributed by atoms with Crippen molar-refractivity contribution in [2.45, 2.75) is 64.2 Å². The van der Waals surface area contributed by atoms with E-state index in [1.807, 2.05) is 28.9 Å². The molecule has 0 unspecified atom stereocenters. The number of hydrogen-bond acceptors (Lipinski definition) is 3. The van der Waals surface area contributed by atoms with Crippen molar-refractivity contribution in [3.05, 3.63) is 64.2 Å². The van der Waals surface area contributed by atoms with Gasteiger partial charge in [0.1, 0.15) is 0 Å². The molecular formula is C28H32N2O2. The summed E-state index contributed by atoms with van der Waals surface area (Å²) in [6.07, 6.45) is 4.45. The van der Waals surface area contributed by atoms with Gasteiger partial charge in [-0.2, -0.15) is 5.10 Å². The Hall–Kier alpha value is -2.88. The first kappa shape index (κ1) is 21.0. The van der Waals surface area contributed by atoms with Gasteiger partial charge in [-0.05, 0) is 71.4 Å². The van der Waals surface area contributed by atoms with Gasteiger partial charge in [0.2, 0.25) is 0 Å². The number of hydrogen-bond donors (Lipinski definition) is 0. The number of aromatic nitrogens is 2. The smallest absolute Gasteiger partial charge is 0.337 e. The van der Waals surface area contributed by atoms with Crippen molar-refractivity contribution in [3.63, 3.8) is 0 Å². The molecule has 166 valence electrons. The van der Waals surface area contributed by atoms with Gasteiger partial charge in [0.15, 0.2) is 0 Å². The molecule has 32 heavy (non-hydrogen) atoms. The molecule has 0 amide bonds. The highest BCUT2D eigenvalue weighted by Gasteiger charge is 2.38. The van der Waals surface area contributed by atoms with E-state index in [2.05, 4.69) is 46.9 Å². The molecule has 0 radical (unpaired) electrons. The predicted molar refractivity (Wildman–Crippen MR) is 128 cm³/mol. The van der Waals surface area contributed by atoms with Crippen LogP contribution in [0.2, 0.25) is 0 Å². The Balaban J connectivity index is 1.64. The molecular weight excluding hydrogens is 396 g/mol. The van der Waals surface area contributed by atoms with E-state index in [1.54, 1.807) is 0 Å². The van der Waals surface area contributed by atoms with Crippen molar-refractivity contribution < 1.29 is 9.53 Å². The van der Waals surface area contributed by atoms with Crippen molar-refractivity contribution >= 4 is 5.97 Å². The maximum atomic E-state index is 11.8. The van der Waals surface area contributed by atoms with Gasteiger partial charge in [0.25, 0.3) is 0 Å². The minimum Gasteiger partial charge on any atom is -0.465 e. The van der Waals surface area contributed by atoms with E-state index < -0.39 is 0 Å². The van der Waals surface area contributed by atoms with Gasteiger partial charge < -0.3 is 4.74 Å². The first-order valence-electron chi connectivity index (χ1n) is 11.6. The Morgan fingerprint density at radius 3 is 2.22 bits per heavy atom. The summed E-state index contributed by atoms with van der Waals surface area (Å²) < 4.78 is 6.88. The summed E-state index contributed by atoms with van der Waals surface area (Å²) in [5.74, 6) is -0.316. The van der Waals surface area contributed by atoms with E-state index in [0.29, 0.717) is 5.56 Å². The quantitative estimate of drug-likeness (QED) is 0.471. The van der Waals surface area contributed by atoms with Gasteiger partial charge in [0, 0.05) is 23.7 Å². The number of nitrogens with zero attached hydrogens (tertiary/aromatic N) is 2. The molecule has 0 saturated heterocycles. The van der Waals surface area contributed by atoms with Gasteiger partial charge >= 0.3 is 5.97 Å². The molecule has 4 heteroatoms. The molecule has 0 spiro atoms. The molecule has 1 heterocycles. The van der Waals surface area contributed by atoms with Crippen LogP contribution >= 0.6 is 0 Å². The Morgan fingerprint density at radius 1 is 0.969 bits per heavy atom. The van der Waals surface area contributed by atoms with Crippen LogP contribution in [-0.4, -0.2) is 22.9 Å². The third kappa shape index (κ3) is 3.11. The van der Waals surface area contributed by atoms with Crippen molar-refractivity contribution in [1.29, 1.82) is 0 Å². The molecule has 2 aliphatic rings. The largest absolute Gasteiger partial charge is 0.465 e. The molecule has 0 atom stereocenters. The summed E-state index contributed by atoms with van der Waals surface area (Å²) in [5, 5.41) is 4.93. The molecule has 2 aromatic carbocycles. The van der Waals surface area contributed by atoms with E-state index in [1.165, 1.54) is 53.5 Å². The van der Waals surface area contributed by atoms with Crippen LogP contribution in [0.3, 0.4) is 0 Å². The highest BCUT2D eigenvalue weighted by atomic mass is 16.5. The highest BCUT2D eigenvalue weighted by molar-refractivity contribution is 5.90. The summed E-state index contributed by atoms with van der Waals surface area (Å²) in [5.41, 5.74) is 11.4. The normalized spacial score (nSPS) is 17.8. The fourth-order valence-electron chi connectivity index (χ4n) is 5.60. The first-order valence-corrected chi connectivity index (χ1v) is 11.6. The Morgan fingerprint density at radius 2 is 1.59 bits per heavy atom. The third-order valence-corrected chi connectivity index (χ3v) is 7.70. The third-order valence-electron chi connectivity index (χ3n) is 7.70. The van der Waals surface area contributed by atoms with Crippen LogP contribution in [0.25, 0.3) is 22.5 Å². The molecule has 0 fully saturated rings. The SMILES string of the molecule is COC(=O)c1ccc(-c2nn(C)c3c2CCc2cc4c(cc2-3)C(C)(C)CCC4(C)C)cc1. The zero-order valence-electron chi connectivity index (χ0n) is 20.0. The Bertz CT molecular complexity index is 1230. The molecule has 0 N–H and O–H groups in total. The number of methoxy groups -OCH3 is 1. The van der Waals surface area contributed by atoms with Crippen LogP contribution in [0.15, 0.2) is 36.4 Å². The lowest BCUT2D eigenvalue weighted by molar-refractivity contribution is 0.0600. The summed E-state index contributed by atoms with van der Waals surface area (Å²) >= 11 is 0. The topological polar surface area (TPSA) is 44.1 Å². The van der Waals surface area contributed by atoms with Crippen molar-refractivity contribution in [2.24, 2.45) is 7.05 Å². The van der Waals surface area contributed by atoms with Crippen LogP contribution in [0.1, 0.15) is 73.1 Å². The lowest BCUT2D eigenvalue weighted by Crippen LogP contribution is -2.34. The number of esters is 1. The Kier molecular flexibility index (Phi) is 4.63. The molecule has 0 saturated carbocycles. The second-order valence-electron chi connectivity index (χ2n) is 10.7. The summed E-state index contributed by atoms with van der Waals surface area (Å²) in [6.45, 7) is 9.55. The van der Waals surface area contributed by atoms with Crippen LogP contribution in [0.4, 0.5) is 0 Å². The summed E-state index contributed by atoms with van der Waals surface area (Å²) in [6, 6.07) is 12.5. The van der Waals surface area contributed by atoms with Gasteiger partial charge in [-0.1, -0.05) is 45.9 Å². The first-order chi connectivity index (χ1) is 15.1. The van der Waals surface area contributed by atoms with Crippen LogP contribution in [-0.2, 0) is 35.5 Å². The zero-order valence-corrected chi connectivity index (χ0v) is 20.0. The lowest BCUT2D eigenvalue weighted by Gasteiger charge is -2.43. The van der Waals surface area contributed by atoms with Crippen molar-refractivity contribution in [3.8, 4) is 22.5 Å². The molecule has 1 aromatic heterocycles. The van der Waals surface area contributed by atoms with Gasteiger partial charge in [-0.15, -0.1) is 0 Å². The monoisotopic (exact) mass is 428 g/mol. The van der Waals surface area contributed by atoms with Gasteiger partial charge in [0.05, 0.1) is 24.1 Å². The minimum atomic E-state index is -0.316. The fourth-order valence-corrected chi connectivity index (χ4v) is 5.60. The second-order valence-corrected chi connectivity index (χ2v) is 10.7. The lowest BCUT2D eigenvalue weighted by atomic mass is 9.62. The number of aryl methyl sites for hydroxylation is 2. The van der Waals surface area contributed by atoms with Crippen molar-refractivity contribution in [1.82, 2.24) is 9.78 Å². The average molecular weight is 429 g/mol. The maximum Gasteiger partial charge on any atom is 0.337 e. The molecule has 4 nitrogen and oxygen atoms in total. The van der Waals surface area contributed by atoms with Gasteiger partial charge in [-0.3, -0.25) is 4.68 Å². The predicted octanol–water partition coefficient (Wildman–Crippen LogP) is 5.99. The second kappa shape index (κ2) is 7.06. The number of rotatable bonds is 2. The van der Waals surface area contributed by atoms with Crippen molar-refractivity contribution in [2.75, 3.05) is 7.11 Å². The summed E-state index contributed by atoms with van der Waals surface area (Å²) in [4.78, 5) is 11.8. The number of carbonyl (C=O) groups excluding carboxylic acids is 1. The maximum absolute atomic E-state index is 11.8. The van der Waals surface area contributed by atoms with E-state index in [0.717, 1.165) is 24.1 Å². The van der Waals surface area contributed by atoms with E-state index in [-0.39, 0.29) is 16.8 Å². The number of ether oxygens (including phenoxy) is 1. The molecule has 2 aliphatic carbocycles. The van der Waals surface area contributed by atoms with Crippen LogP contribution < -0.4 is 0 Å². The van der Waals surface area contributed by atoms with E-state index in [9.17, 15) is 4.79 Å². The number of fused-ring (bicyclic) bond motifs is 4. The Labute approximate surface area is 190 Å². The number of carbonyl (C=O) groups is 1. The molecule has 0 aliphatic heterocycles. The standard InChI is InChI=1S/C28H32N2O2/c1-27(2)13-14-28(3,4)23-16-21-19(15-22(23)27)11-12-20-24(29-30(5)25(20)21)17-7-9-18(10-8-17)26(31)32-6/h7-10,15-16H,11-14H2,1-6H3. The minimum absolute atomic E-state index is 0.183. The van der Waals surface area contributed by atoms with E-state index >= 15 is 0 Å². The summed E-state index contributed by atoms with van der Waals surface area (Å²) in [7, 11) is 3.46.